The first-order valence-corrected chi connectivity index (χ1v) is 7.89. The van der Waals surface area contributed by atoms with Gasteiger partial charge in [0.15, 0.2) is 17.3 Å². The van der Waals surface area contributed by atoms with Gasteiger partial charge in [0.1, 0.15) is 0 Å². The summed E-state index contributed by atoms with van der Waals surface area (Å²) in [7, 11) is 4.56. The molecule has 5 heteroatoms. The maximum atomic E-state index is 12.4. The number of carbonyl (C=O) groups is 1. The van der Waals surface area contributed by atoms with Gasteiger partial charge in [0.2, 0.25) is 5.75 Å². The molecule has 0 aromatic heterocycles. The maximum Gasteiger partial charge on any atom is 0.203 e. The molecule has 0 atom stereocenters. The molecule has 0 bridgehead atoms. The van der Waals surface area contributed by atoms with Crippen LogP contribution in [0.2, 0.25) is 0 Å². The van der Waals surface area contributed by atoms with Crippen LogP contribution in [0.4, 0.5) is 0 Å². The monoisotopic (exact) mass is 341 g/mol. The van der Waals surface area contributed by atoms with Crippen LogP contribution in [0.1, 0.15) is 21.5 Å². The molecule has 0 radical (unpaired) electrons. The summed E-state index contributed by atoms with van der Waals surface area (Å²) in [6.07, 6.45) is 3.13. The second kappa shape index (κ2) is 8.78. The van der Waals surface area contributed by atoms with E-state index in [2.05, 4.69) is 29.6 Å². The summed E-state index contributed by atoms with van der Waals surface area (Å²) in [6, 6.07) is 11.5. The number of aryl methyl sites for hydroxylation is 1. The van der Waals surface area contributed by atoms with Crippen molar-refractivity contribution in [1.29, 1.82) is 0 Å². The fourth-order valence-corrected chi connectivity index (χ4v) is 2.34. The Morgan fingerprint density at radius 3 is 2.12 bits per heavy atom. The van der Waals surface area contributed by atoms with Crippen molar-refractivity contribution in [3.63, 3.8) is 0 Å². The molecule has 0 amide bonds. The average molecular weight is 341 g/mol. The molecule has 0 aliphatic heterocycles. The Labute approximate surface area is 148 Å². The van der Waals surface area contributed by atoms with E-state index >= 15 is 0 Å². The first kappa shape index (κ1) is 18.4. The number of hydrogen-bond donors (Lipinski definition) is 1. The number of rotatable bonds is 8. The predicted octanol–water partition coefficient (Wildman–Crippen LogP) is 3.51. The lowest BCUT2D eigenvalue weighted by Crippen LogP contribution is -2.06. The van der Waals surface area contributed by atoms with Crippen molar-refractivity contribution in [3.8, 4) is 17.2 Å². The highest BCUT2D eigenvalue weighted by atomic mass is 16.5. The first-order valence-electron chi connectivity index (χ1n) is 7.89. The van der Waals surface area contributed by atoms with Gasteiger partial charge in [-0.1, -0.05) is 29.8 Å². The average Bonchev–Trinajstić information content (AvgIpc) is 2.65. The summed E-state index contributed by atoms with van der Waals surface area (Å²) in [6.45, 7) is 2.70. The Hall–Kier alpha value is -2.95. The number of hydrogen-bond acceptors (Lipinski definition) is 5. The van der Waals surface area contributed by atoms with E-state index in [0.29, 0.717) is 29.4 Å². The van der Waals surface area contributed by atoms with E-state index < -0.39 is 0 Å². The highest BCUT2D eigenvalue weighted by Crippen LogP contribution is 2.38. The van der Waals surface area contributed by atoms with Crippen molar-refractivity contribution < 1.29 is 19.0 Å². The zero-order chi connectivity index (χ0) is 18.2. The number of allylic oxidation sites excluding steroid dienone is 1. The Balaban J connectivity index is 2.05. The van der Waals surface area contributed by atoms with Crippen LogP contribution in [0.25, 0.3) is 0 Å². The molecule has 0 saturated carbocycles. The third-order valence-electron chi connectivity index (χ3n) is 3.73. The van der Waals surface area contributed by atoms with Gasteiger partial charge in [-0.25, -0.2) is 0 Å². The van der Waals surface area contributed by atoms with Crippen LogP contribution in [0.5, 0.6) is 17.2 Å². The smallest absolute Gasteiger partial charge is 0.203 e. The van der Waals surface area contributed by atoms with Crippen molar-refractivity contribution in [2.75, 3.05) is 21.3 Å². The zero-order valence-electron chi connectivity index (χ0n) is 15.0. The van der Waals surface area contributed by atoms with Crippen LogP contribution >= 0.6 is 0 Å². The number of benzene rings is 2. The predicted molar refractivity (Wildman–Crippen MR) is 97.6 cm³/mol. The Bertz CT molecular complexity index is 726. The topological polar surface area (TPSA) is 56.8 Å². The summed E-state index contributed by atoms with van der Waals surface area (Å²) >= 11 is 0. The molecule has 2 rings (SSSR count). The molecule has 0 fully saturated rings. The van der Waals surface area contributed by atoms with Crippen molar-refractivity contribution >= 4 is 5.78 Å². The number of ketones is 1. The van der Waals surface area contributed by atoms with Crippen molar-refractivity contribution in [2.45, 2.75) is 13.5 Å². The number of methoxy groups -OCH3 is 3. The summed E-state index contributed by atoms with van der Waals surface area (Å²) in [5.41, 5.74) is 2.83. The van der Waals surface area contributed by atoms with Crippen LogP contribution in [-0.4, -0.2) is 27.1 Å². The van der Waals surface area contributed by atoms with E-state index in [1.165, 1.54) is 33.0 Å². The zero-order valence-corrected chi connectivity index (χ0v) is 15.0. The van der Waals surface area contributed by atoms with Crippen molar-refractivity contribution in [3.05, 3.63) is 65.4 Å². The van der Waals surface area contributed by atoms with Gasteiger partial charge in [-0.05, 0) is 24.6 Å². The lowest BCUT2D eigenvalue weighted by Gasteiger charge is -2.13. The number of nitrogens with one attached hydrogen (secondary N) is 1. The summed E-state index contributed by atoms with van der Waals surface area (Å²) in [4.78, 5) is 12.4. The quantitative estimate of drug-likeness (QED) is 0.588. The standard InChI is InChI=1S/C20H23NO4/c1-14-5-7-15(8-6-14)13-21-10-9-17(22)16-11-18(23-2)20(25-4)19(12-16)24-3/h5-12,21H,13H2,1-4H3. The largest absolute Gasteiger partial charge is 0.493 e. The highest BCUT2D eigenvalue weighted by Gasteiger charge is 2.15. The molecular weight excluding hydrogens is 318 g/mol. The SMILES string of the molecule is COc1cc(C(=O)C=CNCc2ccc(C)cc2)cc(OC)c1OC. The molecule has 1 N–H and O–H groups in total. The molecule has 2 aromatic rings. The molecule has 0 aliphatic carbocycles. The number of ether oxygens (including phenoxy) is 3. The van der Waals surface area contributed by atoms with E-state index in [-0.39, 0.29) is 5.78 Å². The van der Waals surface area contributed by atoms with E-state index in [1.54, 1.807) is 18.3 Å². The van der Waals surface area contributed by atoms with E-state index in [1.807, 2.05) is 6.92 Å². The minimum atomic E-state index is -0.157. The van der Waals surface area contributed by atoms with Crippen LogP contribution in [-0.2, 0) is 6.54 Å². The molecular formula is C20H23NO4. The van der Waals surface area contributed by atoms with E-state index in [4.69, 9.17) is 14.2 Å². The minimum Gasteiger partial charge on any atom is -0.493 e. The van der Waals surface area contributed by atoms with Gasteiger partial charge in [-0.3, -0.25) is 4.79 Å². The lowest BCUT2D eigenvalue weighted by molar-refractivity contribution is 0.104. The Morgan fingerprint density at radius 1 is 1.00 bits per heavy atom. The van der Waals surface area contributed by atoms with Crippen molar-refractivity contribution in [1.82, 2.24) is 5.32 Å². The number of carbonyl (C=O) groups excluding carboxylic acids is 1. The minimum absolute atomic E-state index is 0.157. The molecule has 0 aliphatic rings. The van der Waals surface area contributed by atoms with Gasteiger partial charge in [-0.15, -0.1) is 0 Å². The summed E-state index contributed by atoms with van der Waals surface area (Å²) < 4.78 is 15.8. The fourth-order valence-electron chi connectivity index (χ4n) is 2.34. The lowest BCUT2D eigenvalue weighted by atomic mass is 10.1. The van der Waals surface area contributed by atoms with Gasteiger partial charge in [0.05, 0.1) is 21.3 Å². The molecule has 5 nitrogen and oxygen atoms in total. The summed E-state index contributed by atoms with van der Waals surface area (Å²) in [5.74, 6) is 1.20. The molecule has 0 spiro atoms. The molecule has 0 saturated heterocycles. The van der Waals surface area contributed by atoms with Crippen LogP contribution in [0.3, 0.4) is 0 Å². The molecule has 0 heterocycles. The fraction of sp³-hybridized carbons (Fsp3) is 0.250. The second-order valence-electron chi connectivity index (χ2n) is 5.48. The van der Waals surface area contributed by atoms with Gasteiger partial charge >= 0.3 is 0 Å². The molecule has 25 heavy (non-hydrogen) atoms. The molecule has 0 unspecified atom stereocenters. The van der Waals surface area contributed by atoms with E-state index in [9.17, 15) is 4.79 Å². The second-order valence-corrected chi connectivity index (χ2v) is 5.48. The van der Waals surface area contributed by atoms with Crippen LogP contribution in [0, 0.1) is 6.92 Å². The summed E-state index contributed by atoms with van der Waals surface area (Å²) in [5, 5.41) is 3.11. The maximum absolute atomic E-state index is 12.4. The Morgan fingerprint density at radius 2 is 1.60 bits per heavy atom. The normalized spacial score (nSPS) is 10.6. The van der Waals surface area contributed by atoms with Gasteiger partial charge in [-0.2, -0.15) is 0 Å². The van der Waals surface area contributed by atoms with Gasteiger partial charge in [0.25, 0.3) is 0 Å². The molecule has 2 aromatic carbocycles. The molecule has 132 valence electrons. The Kier molecular flexibility index (Phi) is 6.46. The van der Waals surface area contributed by atoms with Gasteiger partial charge < -0.3 is 19.5 Å². The van der Waals surface area contributed by atoms with Gasteiger partial charge in [0, 0.05) is 24.4 Å². The third kappa shape index (κ3) is 4.76. The third-order valence-corrected chi connectivity index (χ3v) is 3.73. The van der Waals surface area contributed by atoms with Crippen LogP contribution in [0.15, 0.2) is 48.7 Å². The van der Waals surface area contributed by atoms with E-state index in [0.717, 1.165) is 5.56 Å². The van der Waals surface area contributed by atoms with Crippen molar-refractivity contribution in [2.24, 2.45) is 0 Å². The highest BCUT2D eigenvalue weighted by molar-refractivity contribution is 6.05. The van der Waals surface area contributed by atoms with Crippen LogP contribution < -0.4 is 19.5 Å². The first-order chi connectivity index (χ1) is 12.1.